The fraction of sp³-hybridized carbons (Fsp3) is 0. The van der Waals surface area contributed by atoms with Gasteiger partial charge >= 0.3 is 109 Å². The maximum Gasteiger partial charge on any atom is 2.00 e. The van der Waals surface area contributed by atoms with Crippen molar-refractivity contribution >= 4 is 98.4 Å². The van der Waals surface area contributed by atoms with Crippen molar-refractivity contribution < 1.29 is 137 Å². The molecule has 0 fully saturated rings. The number of hydrogen-bond donors (Lipinski definition) is 0. The second-order valence-electron chi connectivity index (χ2n) is 0.250. The van der Waals surface area contributed by atoms with Crippen LogP contribution in [0.1, 0.15) is 0 Å². The molecule has 166 valence electrons. The average molecular weight is 549 g/mol. The van der Waals surface area contributed by atoms with Crippen molar-refractivity contribution in [1.29, 1.82) is 0 Å². The van der Waals surface area contributed by atoms with Crippen molar-refractivity contribution in [1.82, 2.24) is 0 Å². The zero-order valence-electron chi connectivity index (χ0n) is 12.8. The minimum Gasteiger partial charge on any atom is -0.870 e. The van der Waals surface area contributed by atoms with Gasteiger partial charge in [-0.15, -0.1) is 0 Å². The first-order valence-electron chi connectivity index (χ1n) is 0.612. The molecule has 0 heterocycles. The van der Waals surface area contributed by atoms with Crippen molar-refractivity contribution in [3.8, 4) is 0 Å². The van der Waals surface area contributed by atoms with Gasteiger partial charge < -0.3 is 103 Å². The molecule has 0 saturated heterocycles. The Morgan fingerprint density at radius 3 is 0.423 bits per heavy atom. The van der Waals surface area contributed by atoms with Crippen molar-refractivity contribution in [2.45, 2.75) is 0 Å². The van der Waals surface area contributed by atoms with E-state index in [4.69, 9.17) is 15.0 Å². The van der Waals surface area contributed by atoms with Crippen LogP contribution in [0.4, 0.5) is 4.79 Å². The van der Waals surface area contributed by atoms with Gasteiger partial charge in [0.25, 0.3) is 0 Å². The molecule has 0 aromatic heterocycles. The summed E-state index contributed by atoms with van der Waals surface area (Å²) in [6.07, 6.45) is -2.33. The number of rotatable bonds is 0. The number of hydrogen-bond acceptors (Lipinski definition) is 11. The Labute approximate surface area is 232 Å². The molecular weight excluding hydrogens is 525 g/mol. The Balaban J connectivity index is -0.000000000195. The van der Waals surface area contributed by atoms with Gasteiger partial charge in [-0.05, 0) is 6.16 Å². The Morgan fingerprint density at radius 1 is 0.423 bits per heavy atom. The van der Waals surface area contributed by atoms with E-state index in [9.17, 15) is 0 Å². The van der Waals surface area contributed by atoms with Crippen LogP contribution in [0, 0.1) is 0 Å². The summed E-state index contributed by atoms with van der Waals surface area (Å²) in [4.78, 5) is 8.33. The van der Waals surface area contributed by atoms with Gasteiger partial charge in [0.15, 0.2) is 0 Å². The predicted octanol–water partition coefficient (Wildman–Crippen LogP) is -12.0. The SMILES string of the molecule is O.O.O.O.O.O.O.O.O=C([O-])[O-].[Fe+2].[Fe].[Mg+2].[Mg+2].[Mg+2].[Mg+2].[OH-].[OH-].[OH-].[OH-].[OH-].[OH-].[OH-].[OH-]. The first-order chi connectivity index (χ1) is 1.73. The van der Waals surface area contributed by atoms with Crippen LogP contribution in [-0.4, -0.2) is 186 Å². The molecule has 0 aliphatic rings. The summed E-state index contributed by atoms with van der Waals surface area (Å²) in [5, 5.41) is 16.7. The smallest absolute Gasteiger partial charge is 0.870 e. The van der Waals surface area contributed by atoms with Crippen LogP contribution < -0.4 is 10.2 Å². The third-order valence-corrected chi connectivity index (χ3v) is 0. The minimum absolute atomic E-state index is 0. The van der Waals surface area contributed by atoms with Crippen LogP contribution in [0.25, 0.3) is 0 Å². The summed E-state index contributed by atoms with van der Waals surface area (Å²) in [6.45, 7) is 0. The number of carboxylic acid groups (broad SMARTS) is 2. The van der Waals surface area contributed by atoms with Crippen LogP contribution in [0.5, 0.6) is 0 Å². The van der Waals surface area contributed by atoms with Gasteiger partial charge in [0, 0.05) is 17.1 Å². The Morgan fingerprint density at radius 2 is 0.423 bits per heavy atom. The fourth-order valence-electron chi connectivity index (χ4n) is 0. The molecule has 0 aliphatic carbocycles. The molecule has 0 saturated carbocycles. The van der Waals surface area contributed by atoms with Crippen molar-refractivity contribution in [3.05, 3.63) is 0 Å². The number of carbonyl (C=O) groups is 1. The molecule has 19 nitrogen and oxygen atoms in total. The maximum atomic E-state index is 8.33. The first kappa shape index (κ1) is 672. The molecule has 0 radical (unpaired) electrons. The summed E-state index contributed by atoms with van der Waals surface area (Å²) in [6, 6.07) is 0. The molecule has 0 rings (SSSR count). The van der Waals surface area contributed by atoms with Crippen LogP contribution in [0.2, 0.25) is 0 Å². The standard InChI is InChI=1S/CH2O3.2Fe.4Mg.16H2O/c2-1(3)4;;;;;;;;;;;;;;;;;;;;;;/h(H2,2,3,4);;;;;;;16*1H2/q;;5*+2;;;;;;;;;;;;;;;;/p-10. The van der Waals surface area contributed by atoms with Gasteiger partial charge in [-0.3, -0.25) is 0 Å². The molecule has 0 atom stereocenters. The van der Waals surface area contributed by atoms with Gasteiger partial charge in [-0.1, -0.05) is 0 Å². The molecule has 24 N–H and O–H groups in total. The number of carbonyl (C=O) groups excluding carboxylic acids is 1. The molecule has 26 heavy (non-hydrogen) atoms. The van der Waals surface area contributed by atoms with E-state index >= 15 is 0 Å². The molecule has 0 aromatic rings. The van der Waals surface area contributed by atoms with Gasteiger partial charge in [0.1, 0.15) is 0 Å². The maximum absolute atomic E-state index is 8.33. The summed E-state index contributed by atoms with van der Waals surface area (Å²) >= 11 is 0. The zero-order chi connectivity index (χ0) is 3.58. The van der Waals surface area contributed by atoms with E-state index in [-0.39, 0.29) is 214 Å². The van der Waals surface area contributed by atoms with Crippen molar-refractivity contribution in [2.24, 2.45) is 0 Å². The molecule has 0 amide bonds. The van der Waals surface area contributed by atoms with Crippen LogP contribution in [0.15, 0.2) is 0 Å². The summed E-state index contributed by atoms with van der Waals surface area (Å²) in [7, 11) is 0. The summed E-state index contributed by atoms with van der Waals surface area (Å²) in [5.41, 5.74) is 0. The van der Waals surface area contributed by atoms with Crippen LogP contribution in [0.3, 0.4) is 0 Å². The topological polar surface area (TPSA) is 555 Å². The Kier molecular flexibility index (Phi) is 15600. The quantitative estimate of drug-likeness (QED) is 0.255. The zero-order valence-corrected chi connectivity index (χ0v) is 20.7. The van der Waals surface area contributed by atoms with Gasteiger partial charge in [-0.2, -0.15) is 0 Å². The Hall–Kier alpha value is 2.73. The largest absolute Gasteiger partial charge is 2.00 e. The monoisotopic (exact) mass is 548 g/mol. The predicted molar refractivity (Wildman–Crippen MR) is 72.8 cm³/mol. The average Bonchev–Trinajstić information content (AvgIpc) is 0.811. The molecule has 0 aliphatic heterocycles. The van der Waals surface area contributed by atoms with E-state index in [1.165, 1.54) is 0 Å². The third-order valence-electron chi connectivity index (χ3n) is 0. The summed E-state index contributed by atoms with van der Waals surface area (Å²) < 4.78 is 0. The summed E-state index contributed by atoms with van der Waals surface area (Å²) in [5.74, 6) is 0. The first-order valence-corrected chi connectivity index (χ1v) is 0.612. The van der Waals surface area contributed by atoms with E-state index in [0.29, 0.717) is 0 Å². The van der Waals surface area contributed by atoms with E-state index in [0.717, 1.165) is 0 Å². The van der Waals surface area contributed by atoms with E-state index in [1.54, 1.807) is 0 Å². The van der Waals surface area contributed by atoms with E-state index in [1.807, 2.05) is 0 Å². The molecule has 0 spiro atoms. The van der Waals surface area contributed by atoms with Gasteiger partial charge in [-0.25, -0.2) is 0 Å². The molecule has 0 bridgehead atoms. The molecule has 25 heteroatoms. The fourth-order valence-corrected chi connectivity index (χ4v) is 0. The van der Waals surface area contributed by atoms with E-state index < -0.39 is 6.16 Å². The van der Waals surface area contributed by atoms with Crippen LogP contribution in [-0.2, 0) is 34.1 Å². The minimum atomic E-state index is -2.33. The second kappa shape index (κ2) is 603. The van der Waals surface area contributed by atoms with Crippen molar-refractivity contribution in [2.75, 3.05) is 0 Å². The molecule has 0 aromatic carbocycles. The normalized spacial score (nSPS) is 0.923. The molecule has 0 unspecified atom stereocenters. The van der Waals surface area contributed by atoms with Crippen LogP contribution >= 0.6 is 0 Å². The Bertz CT molecular complexity index is 54.5. The second-order valence-corrected chi connectivity index (χ2v) is 0.250. The molecular formula is CH24Fe2Mg4O19. The van der Waals surface area contributed by atoms with Gasteiger partial charge in [0.2, 0.25) is 0 Å². The van der Waals surface area contributed by atoms with Crippen molar-refractivity contribution in [3.63, 3.8) is 0 Å². The van der Waals surface area contributed by atoms with E-state index in [2.05, 4.69) is 0 Å². The van der Waals surface area contributed by atoms with Gasteiger partial charge in [0.05, 0.1) is 0 Å². The third kappa shape index (κ3) is 2370.